The molecule has 0 saturated heterocycles. The van der Waals surface area contributed by atoms with Crippen LogP contribution >= 0.6 is 0 Å². The Balaban J connectivity index is 7.48. The summed E-state index contributed by atoms with van der Waals surface area (Å²) < 4.78 is 0. The standard InChI is InChI=1S/C97H187N27O18/c1-58(2)50-65(105)83(128)110-67(33-18-25-43-99)85(130)112-69(35-20-27-45-101)88(133)120-78(55-63(11)12)96(141)123-77(54-62(9)10)94(139)116-72(38-23-30-48-104)90(135)121-79(56-64(13)14)97(142)122-76(53-61(7)8)93(138)115-68(34-19-26-44-100)86(131)113-70(36-21-28-46-102)87(132)119-75(52-60(5)6)95(140)117-73(40-41-80(106)125)91(136)114-71(37-22-29-47-103)89(134)118-74(51-59(3)4)92(137)111-66(32-17-24-42-98)84(129)109-57-82(127)108-49-31-15-16-39-81(126)124-107/h58-79H,15-57,98-105,107H2,1-14H3,(H2,106,125)(H,108,127)(H,109,129)(H,110,128)(H,111,137)(H,112,130)(H,113,131)(H,114,136)(H,115,138)(H,116,139)(H,117,140)(H,118,134)(H,119,132)(H,120,133)(H,121,135)(H,122,142)(H,123,141)(H,124,126)/t65-,66-,67-,68-,69-,70-,71-,72-,73-,74-,75-,76-,77-,78-,79-/m0/s1. The number of hydrogen-bond acceptors (Lipinski definition) is 27. The van der Waals surface area contributed by atoms with E-state index in [-0.39, 0.29) is 202 Å². The van der Waals surface area contributed by atoms with Crippen molar-refractivity contribution in [1.82, 2.24) is 90.5 Å². The molecule has 818 valence electrons. The van der Waals surface area contributed by atoms with Crippen molar-refractivity contribution in [2.75, 3.05) is 58.9 Å². The third-order valence-electron chi connectivity index (χ3n) is 23.5. The zero-order valence-electron chi connectivity index (χ0n) is 87.7. The van der Waals surface area contributed by atoms with Crippen LogP contribution in [0.2, 0.25) is 0 Å². The predicted molar refractivity (Wildman–Crippen MR) is 547 cm³/mol. The summed E-state index contributed by atoms with van der Waals surface area (Å²) in [6.07, 6.45) is 7.54. The highest BCUT2D eigenvalue weighted by molar-refractivity contribution is 6.01. The third-order valence-corrected chi connectivity index (χ3v) is 23.5. The third kappa shape index (κ3) is 60.0. The summed E-state index contributed by atoms with van der Waals surface area (Å²) in [5, 5.41) is 44.2. The average Bonchev–Trinajstić information content (AvgIpc) is 0.847. The molecule has 0 aliphatic carbocycles. The lowest BCUT2D eigenvalue weighted by molar-refractivity contribution is -0.137. The number of hydrogen-bond donors (Lipinski definition) is 27. The molecule has 0 aliphatic heterocycles. The van der Waals surface area contributed by atoms with Crippen LogP contribution in [0.4, 0.5) is 0 Å². The first kappa shape index (κ1) is 132. The van der Waals surface area contributed by atoms with E-state index >= 15 is 0 Å². The summed E-state index contributed by atoms with van der Waals surface area (Å²) in [7, 11) is 0. The molecule has 0 spiro atoms. The Kier molecular flexibility index (Phi) is 71.3. The van der Waals surface area contributed by atoms with Crippen molar-refractivity contribution in [2.45, 2.75) is 406 Å². The molecule has 37 N–H and O–H groups in total. The first-order valence-corrected chi connectivity index (χ1v) is 51.9. The molecule has 0 aliphatic rings. The second-order valence-electron chi connectivity index (χ2n) is 40.3. The van der Waals surface area contributed by atoms with Crippen LogP contribution in [-0.4, -0.2) is 256 Å². The van der Waals surface area contributed by atoms with Gasteiger partial charge < -0.3 is 137 Å². The lowest BCUT2D eigenvalue weighted by Gasteiger charge is -2.30. The van der Waals surface area contributed by atoms with E-state index in [1.165, 1.54) is 0 Å². The summed E-state index contributed by atoms with van der Waals surface area (Å²) in [5.41, 5.74) is 55.1. The van der Waals surface area contributed by atoms with E-state index in [1.54, 1.807) is 41.5 Å². The van der Waals surface area contributed by atoms with E-state index in [0.717, 1.165) is 0 Å². The fourth-order valence-electron chi connectivity index (χ4n) is 15.8. The number of nitrogens with one attached hydrogen (secondary N) is 17. The zero-order chi connectivity index (χ0) is 108. The van der Waals surface area contributed by atoms with Crippen LogP contribution in [0.1, 0.15) is 315 Å². The van der Waals surface area contributed by atoms with Crippen molar-refractivity contribution in [2.24, 2.45) is 98.9 Å². The lowest BCUT2D eigenvalue weighted by Crippen LogP contribution is -2.61. The van der Waals surface area contributed by atoms with Gasteiger partial charge in [0.25, 0.3) is 0 Å². The van der Waals surface area contributed by atoms with Gasteiger partial charge in [0.2, 0.25) is 106 Å². The molecule has 0 aromatic heterocycles. The fraction of sp³-hybridized carbons (Fsp3) is 0.814. The molecule has 45 nitrogen and oxygen atoms in total. The molecule has 0 rings (SSSR count). The molecule has 0 bridgehead atoms. The van der Waals surface area contributed by atoms with Gasteiger partial charge in [-0.05, 0) is 286 Å². The Labute approximate surface area is 842 Å². The van der Waals surface area contributed by atoms with Gasteiger partial charge in [0, 0.05) is 19.4 Å². The van der Waals surface area contributed by atoms with Gasteiger partial charge in [-0.1, -0.05) is 103 Å². The maximum absolute atomic E-state index is 15.0. The quantitative estimate of drug-likeness (QED) is 0.0141. The first-order valence-electron chi connectivity index (χ1n) is 51.9. The van der Waals surface area contributed by atoms with Gasteiger partial charge in [-0.15, -0.1) is 0 Å². The Bertz CT molecular complexity index is 3770. The van der Waals surface area contributed by atoms with Gasteiger partial charge in [-0.25, -0.2) is 5.84 Å². The number of nitrogens with two attached hydrogens (primary N) is 10. The summed E-state index contributed by atoms with van der Waals surface area (Å²) in [5.74, 6) is -9.53. The fourth-order valence-corrected chi connectivity index (χ4v) is 15.8. The molecule has 142 heavy (non-hydrogen) atoms. The van der Waals surface area contributed by atoms with Crippen molar-refractivity contribution in [3.8, 4) is 0 Å². The molecule has 0 fully saturated rings. The summed E-state index contributed by atoms with van der Waals surface area (Å²) in [6, 6.07) is -19.4. The van der Waals surface area contributed by atoms with E-state index in [0.29, 0.717) is 103 Å². The predicted octanol–water partition coefficient (Wildman–Crippen LogP) is -1.63. The van der Waals surface area contributed by atoms with E-state index in [4.69, 9.17) is 57.4 Å². The van der Waals surface area contributed by atoms with Crippen molar-refractivity contribution in [3.05, 3.63) is 0 Å². The summed E-state index contributed by atoms with van der Waals surface area (Å²) in [6.45, 7) is 27.1. The average molecular weight is 2020 g/mol. The van der Waals surface area contributed by atoms with E-state index in [1.807, 2.05) is 55.4 Å². The van der Waals surface area contributed by atoms with Gasteiger partial charge in [-0.3, -0.25) is 91.7 Å². The van der Waals surface area contributed by atoms with Gasteiger partial charge in [0.05, 0.1) is 12.6 Å². The Morgan fingerprint density at radius 1 is 0.204 bits per heavy atom. The molecule has 0 unspecified atom stereocenters. The zero-order valence-corrected chi connectivity index (χ0v) is 87.7. The molecular formula is C97H187N27O18. The Hall–Kier alpha value is -9.90. The Morgan fingerprint density at radius 2 is 0.401 bits per heavy atom. The number of carbonyl (C=O) groups excluding carboxylic acids is 18. The largest absolute Gasteiger partial charge is 0.370 e. The second kappa shape index (κ2) is 76.7. The maximum Gasteiger partial charge on any atom is 0.243 e. The van der Waals surface area contributed by atoms with E-state index in [2.05, 4.69) is 90.5 Å². The first-order chi connectivity index (χ1) is 67.1. The van der Waals surface area contributed by atoms with E-state index < -0.39 is 210 Å². The minimum absolute atomic E-state index is 0.00779. The molecule has 0 aromatic carbocycles. The van der Waals surface area contributed by atoms with Crippen LogP contribution in [0.15, 0.2) is 0 Å². The number of primary amides is 1. The highest BCUT2D eigenvalue weighted by Crippen LogP contribution is 2.20. The van der Waals surface area contributed by atoms with Crippen LogP contribution in [-0.2, 0) is 86.3 Å². The van der Waals surface area contributed by atoms with Gasteiger partial charge >= 0.3 is 0 Å². The maximum atomic E-state index is 15.0. The number of unbranched alkanes of at least 4 members (excludes halogenated alkanes) is 9. The summed E-state index contributed by atoms with van der Waals surface area (Å²) in [4.78, 5) is 255. The van der Waals surface area contributed by atoms with Crippen molar-refractivity contribution in [3.63, 3.8) is 0 Å². The molecule has 15 atom stereocenters. The van der Waals surface area contributed by atoms with Gasteiger partial charge in [-0.2, -0.15) is 0 Å². The number of hydrazine groups is 1. The van der Waals surface area contributed by atoms with Crippen molar-refractivity contribution < 1.29 is 86.3 Å². The smallest absolute Gasteiger partial charge is 0.243 e. The minimum Gasteiger partial charge on any atom is -0.370 e. The Morgan fingerprint density at radius 3 is 0.606 bits per heavy atom. The molecule has 45 heteroatoms. The minimum atomic E-state index is -1.59. The highest BCUT2D eigenvalue weighted by Gasteiger charge is 2.40. The topological polar surface area (TPSA) is 772 Å². The number of carbonyl (C=O) groups is 18. The lowest BCUT2D eigenvalue weighted by atomic mass is 9.98. The number of amides is 18. The van der Waals surface area contributed by atoms with Gasteiger partial charge in [0.15, 0.2) is 0 Å². The van der Waals surface area contributed by atoms with Crippen LogP contribution in [0.25, 0.3) is 0 Å². The molecule has 0 radical (unpaired) electrons. The molecule has 18 amide bonds. The molecule has 0 aromatic rings. The second-order valence-corrected chi connectivity index (χ2v) is 40.3. The van der Waals surface area contributed by atoms with Crippen LogP contribution < -0.4 is 148 Å². The van der Waals surface area contributed by atoms with Gasteiger partial charge in [0.1, 0.15) is 84.6 Å². The normalized spacial score (nSPS) is 14.7. The molecule has 0 saturated carbocycles. The van der Waals surface area contributed by atoms with Crippen molar-refractivity contribution >= 4 is 106 Å². The SMILES string of the molecule is CC(C)C[C@H](NC(=O)[C@H](CCCCN)NC(=O)[C@H](CCC(N)=O)NC(=O)[C@H](CC(C)C)NC(=O)[C@H](CCCCN)NC(=O)[C@H](CCCCN)NC(=O)[C@H](CC(C)C)NC(=O)[C@H](CC(C)C)NC(=O)[C@H](CCCCN)NC(=O)[C@H](CC(C)C)NC(=O)[C@H](CC(C)C)NC(=O)[C@H](CCCCN)NC(=O)[C@H](CCCCN)NC(=O)[C@@H](N)CC(C)C)C(=O)N[C@@H](CCCCN)C(=O)NCC(=O)NCCCCCC(=O)NN. The summed E-state index contributed by atoms with van der Waals surface area (Å²) >= 11 is 0. The monoisotopic (exact) mass is 2020 g/mol. The highest BCUT2D eigenvalue weighted by atomic mass is 16.2. The van der Waals surface area contributed by atoms with Crippen LogP contribution in [0, 0.1) is 41.4 Å². The van der Waals surface area contributed by atoms with Crippen LogP contribution in [0.3, 0.4) is 0 Å². The van der Waals surface area contributed by atoms with E-state index in [9.17, 15) is 86.3 Å². The molecular weight excluding hydrogens is 1830 g/mol. The molecule has 0 heterocycles. The number of rotatable bonds is 82. The van der Waals surface area contributed by atoms with Crippen molar-refractivity contribution in [1.29, 1.82) is 0 Å². The van der Waals surface area contributed by atoms with Crippen LogP contribution in [0.5, 0.6) is 0 Å².